The minimum absolute atomic E-state index is 0.107. The molecule has 2 aliphatic heterocycles. The lowest BCUT2D eigenvalue weighted by molar-refractivity contribution is -0.130. The smallest absolute Gasteiger partial charge is 0.325 e. The lowest BCUT2D eigenvalue weighted by Crippen LogP contribution is -2.46. The third-order valence-corrected chi connectivity index (χ3v) is 5.63. The summed E-state index contributed by atoms with van der Waals surface area (Å²) < 4.78 is 5.99. The zero-order valence-corrected chi connectivity index (χ0v) is 13.9. The normalized spacial score (nSPS) is 24.8. The number of rotatable bonds is 3. The van der Waals surface area contributed by atoms with Crippen LogP contribution in [0.5, 0.6) is 5.75 Å². The maximum absolute atomic E-state index is 12.5. The molecule has 2 aliphatic rings. The third-order valence-electron chi connectivity index (χ3n) is 3.82. The van der Waals surface area contributed by atoms with E-state index < -0.39 is 5.54 Å². The zero-order chi connectivity index (χ0) is 15.0. The largest absolute Gasteiger partial charge is 0.496 e. The molecule has 1 N–H and O–H groups in total. The van der Waals surface area contributed by atoms with Crippen LogP contribution >= 0.6 is 27.7 Å². The fourth-order valence-electron chi connectivity index (χ4n) is 2.64. The van der Waals surface area contributed by atoms with Crippen LogP contribution in [0.4, 0.5) is 4.79 Å². The Morgan fingerprint density at radius 1 is 1.48 bits per heavy atom. The molecule has 5 nitrogen and oxygen atoms in total. The molecule has 112 valence electrons. The van der Waals surface area contributed by atoms with Crippen LogP contribution in [-0.4, -0.2) is 41.0 Å². The fourth-order valence-corrected chi connectivity index (χ4v) is 4.56. The molecule has 3 rings (SSSR count). The van der Waals surface area contributed by atoms with Crippen LogP contribution in [0.1, 0.15) is 12.0 Å². The Hall–Kier alpha value is -1.21. The van der Waals surface area contributed by atoms with E-state index in [1.165, 1.54) is 4.90 Å². The molecule has 21 heavy (non-hydrogen) atoms. The Morgan fingerprint density at radius 2 is 2.29 bits per heavy atom. The maximum atomic E-state index is 12.5. The van der Waals surface area contributed by atoms with Gasteiger partial charge in [-0.25, -0.2) is 4.79 Å². The van der Waals surface area contributed by atoms with Gasteiger partial charge in [-0.3, -0.25) is 9.69 Å². The predicted molar refractivity (Wildman–Crippen MR) is 84.4 cm³/mol. The Balaban J connectivity index is 1.80. The van der Waals surface area contributed by atoms with Crippen molar-refractivity contribution < 1.29 is 14.3 Å². The molecule has 1 aromatic carbocycles. The van der Waals surface area contributed by atoms with Crippen LogP contribution in [0.3, 0.4) is 0 Å². The first-order chi connectivity index (χ1) is 10.1. The molecule has 0 aliphatic carbocycles. The number of thioether (sulfide) groups is 1. The molecule has 0 bridgehead atoms. The summed E-state index contributed by atoms with van der Waals surface area (Å²) in [5, 5.41) is 2.87. The van der Waals surface area contributed by atoms with Crippen molar-refractivity contribution >= 4 is 39.6 Å². The lowest BCUT2D eigenvalue weighted by Gasteiger charge is -2.19. The number of halogens is 1. The molecule has 7 heteroatoms. The van der Waals surface area contributed by atoms with E-state index in [4.69, 9.17) is 4.74 Å². The second-order valence-electron chi connectivity index (χ2n) is 5.18. The number of imide groups is 1. The summed E-state index contributed by atoms with van der Waals surface area (Å²) >= 11 is 5.12. The summed E-state index contributed by atoms with van der Waals surface area (Å²) in [6.07, 6.45) is 0.713. The van der Waals surface area contributed by atoms with Crippen LogP contribution in [0, 0.1) is 0 Å². The average molecular weight is 371 g/mol. The monoisotopic (exact) mass is 370 g/mol. The first kappa shape index (κ1) is 14.7. The molecule has 2 saturated heterocycles. The molecular formula is C14H15BrN2O3S. The summed E-state index contributed by atoms with van der Waals surface area (Å²) in [7, 11) is 1.60. The van der Waals surface area contributed by atoms with Crippen molar-refractivity contribution in [3.63, 3.8) is 0 Å². The Bertz CT molecular complexity index is 602. The van der Waals surface area contributed by atoms with Crippen molar-refractivity contribution in [2.24, 2.45) is 0 Å². The van der Waals surface area contributed by atoms with Crippen molar-refractivity contribution in [1.29, 1.82) is 0 Å². The SMILES string of the molecule is COc1ccc(CN2C(=O)NC3(CCSC3)C2=O)cc1Br. The molecular weight excluding hydrogens is 356 g/mol. The molecule has 0 aromatic heterocycles. The molecule has 2 fully saturated rings. The number of benzene rings is 1. The molecule has 1 atom stereocenters. The minimum atomic E-state index is -0.675. The molecule has 1 spiro atoms. The minimum Gasteiger partial charge on any atom is -0.496 e. The van der Waals surface area contributed by atoms with Crippen LogP contribution in [0.2, 0.25) is 0 Å². The third kappa shape index (κ3) is 2.53. The molecule has 1 aromatic rings. The molecule has 0 saturated carbocycles. The van der Waals surface area contributed by atoms with E-state index in [-0.39, 0.29) is 18.5 Å². The molecule has 3 amide bonds. The average Bonchev–Trinajstić information content (AvgIpc) is 3.01. The van der Waals surface area contributed by atoms with Gasteiger partial charge >= 0.3 is 6.03 Å². The van der Waals surface area contributed by atoms with Gasteiger partial charge in [0, 0.05) is 5.75 Å². The number of carbonyl (C=O) groups is 2. The van der Waals surface area contributed by atoms with Crippen molar-refractivity contribution in [3.05, 3.63) is 28.2 Å². The standard InChI is InChI=1S/C14H15BrN2O3S/c1-20-11-3-2-9(6-10(11)15)7-17-12(18)14(16-13(17)19)4-5-21-8-14/h2-3,6H,4-5,7-8H2,1H3,(H,16,19). The maximum Gasteiger partial charge on any atom is 0.325 e. The van der Waals surface area contributed by atoms with Gasteiger partial charge in [0.1, 0.15) is 11.3 Å². The van der Waals surface area contributed by atoms with Crippen molar-refractivity contribution in [1.82, 2.24) is 10.2 Å². The Morgan fingerprint density at radius 3 is 2.90 bits per heavy atom. The Kier molecular flexibility index (Phi) is 3.88. The highest BCUT2D eigenvalue weighted by atomic mass is 79.9. The number of amides is 3. The quantitative estimate of drug-likeness (QED) is 0.829. The number of urea groups is 1. The van der Waals surface area contributed by atoms with Crippen LogP contribution < -0.4 is 10.1 Å². The second kappa shape index (κ2) is 5.53. The van der Waals surface area contributed by atoms with Crippen LogP contribution in [-0.2, 0) is 11.3 Å². The fraction of sp³-hybridized carbons (Fsp3) is 0.429. The van der Waals surface area contributed by atoms with Crippen molar-refractivity contribution in [2.75, 3.05) is 18.6 Å². The molecule has 2 heterocycles. The first-order valence-corrected chi connectivity index (χ1v) is 8.55. The van der Waals surface area contributed by atoms with Gasteiger partial charge < -0.3 is 10.1 Å². The number of methoxy groups -OCH3 is 1. The van der Waals surface area contributed by atoms with Gasteiger partial charge in [0.25, 0.3) is 5.91 Å². The van der Waals surface area contributed by atoms with Crippen molar-refractivity contribution in [3.8, 4) is 5.75 Å². The van der Waals surface area contributed by atoms with Crippen LogP contribution in [0.15, 0.2) is 22.7 Å². The summed E-state index contributed by atoms with van der Waals surface area (Å²) in [6, 6.07) is 5.25. The first-order valence-electron chi connectivity index (χ1n) is 6.60. The Labute approximate surface area is 135 Å². The van der Waals surface area contributed by atoms with Gasteiger partial charge in [-0.15, -0.1) is 0 Å². The highest BCUT2D eigenvalue weighted by Gasteiger charge is 2.52. The summed E-state index contributed by atoms with van der Waals surface area (Å²) in [5.41, 5.74) is 0.208. The summed E-state index contributed by atoms with van der Waals surface area (Å²) in [6.45, 7) is 0.277. The number of nitrogens with one attached hydrogen (secondary N) is 1. The van der Waals surface area contributed by atoms with E-state index in [0.29, 0.717) is 12.2 Å². The summed E-state index contributed by atoms with van der Waals surface area (Å²) in [5.74, 6) is 2.19. The van der Waals surface area contributed by atoms with Gasteiger partial charge in [-0.05, 0) is 45.8 Å². The number of ether oxygens (including phenoxy) is 1. The topological polar surface area (TPSA) is 58.6 Å². The van der Waals surface area contributed by atoms with E-state index in [1.54, 1.807) is 18.9 Å². The highest BCUT2D eigenvalue weighted by Crippen LogP contribution is 2.34. The van der Waals surface area contributed by atoms with Gasteiger partial charge in [-0.1, -0.05) is 6.07 Å². The molecule has 1 unspecified atom stereocenters. The van der Waals surface area contributed by atoms with Gasteiger partial charge in [0.2, 0.25) is 0 Å². The van der Waals surface area contributed by atoms with E-state index >= 15 is 0 Å². The molecule has 0 radical (unpaired) electrons. The van der Waals surface area contributed by atoms with E-state index in [9.17, 15) is 9.59 Å². The predicted octanol–water partition coefficient (Wildman–Crippen LogP) is 2.39. The summed E-state index contributed by atoms with van der Waals surface area (Å²) in [4.78, 5) is 26.0. The van der Waals surface area contributed by atoms with E-state index in [1.807, 2.05) is 18.2 Å². The highest BCUT2D eigenvalue weighted by molar-refractivity contribution is 9.10. The zero-order valence-electron chi connectivity index (χ0n) is 11.5. The lowest BCUT2D eigenvalue weighted by atomic mass is 9.99. The number of hydrogen-bond donors (Lipinski definition) is 1. The van der Waals surface area contributed by atoms with Crippen LogP contribution in [0.25, 0.3) is 0 Å². The van der Waals surface area contributed by atoms with Gasteiger partial charge in [0.15, 0.2) is 0 Å². The second-order valence-corrected chi connectivity index (χ2v) is 7.13. The number of hydrogen-bond acceptors (Lipinski definition) is 4. The van der Waals surface area contributed by atoms with E-state index in [0.717, 1.165) is 21.5 Å². The van der Waals surface area contributed by atoms with E-state index in [2.05, 4.69) is 21.2 Å². The number of carbonyl (C=O) groups excluding carboxylic acids is 2. The van der Waals surface area contributed by atoms with Crippen molar-refractivity contribution in [2.45, 2.75) is 18.5 Å². The van der Waals surface area contributed by atoms with Gasteiger partial charge in [0.05, 0.1) is 18.1 Å². The number of nitrogens with zero attached hydrogens (tertiary/aromatic N) is 1. The van der Waals surface area contributed by atoms with Gasteiger partial charge in [-0.2, -0.15) is 11.8 Å².